The van der Waals surface area contributed by atoms with Gasteiger partial charge in [-0.25, -0.2) is 0 Å². The SMILES string of the molecule is CC([NH2+]CCc1ccncc1)C(O)c1ccccc1.[Cl-]. The van der Waals surface area contributed by atoms with Crippen LogP contribution in [0.1, 0.15) is 24.2 Å². The lowest BCUT2D eigenvalue weighted by Crippen LogP contribution is -3.00. The third-order valence-electron chi connectivity index (χ3n) is 3.36. The van der Waals surface area contributed by atoms with Crippen molar-refractivity contribution >= 4 is 0 Å². The van der Waals surface area contributed by atoms with Crippen LogP contribution in [-0.2, 0) is 6.42 Å². The molecule has 4 heteroatoms. The monoisotopic (exact) mass is 292 g/mol. The van der Waals surface area contributed by atoms with Gasteiger partial charge in [-0.1, -0.05) is 30.3 Å². The van der Waals surface area contributed by atoms with E-state index in [1.54, 1.807) is 0 Å². The van der Waals surface area contributed by atoms with Gasteiger partial charge in [0.15, 0.2) is 0 Å². The van der Waals surface area contributed by atoms with E-state index in [4.69, 9.17) is 0 Å². The largest absolute Gasteiger partial charge is 1.00 e. The van der Waals surface area contributed by atoms with Gasteiger partial charge in [-0.2, -0.15) is 0 Å². The third kappa shape index (κ3) is 4.93. The smallest absolute Gasteiger partial charge is 0.130 e. The Balaban J connectivity index is 0.00000200. The Morgan fingerprint density at radius 2 is 1.75 bits per heavy atom. The third-order valence-corrected chi connectivity index (χ3v) is 3.36. The Morgan fingerprint density at radius 1 is 1.10 bits per heavy atom. The van der Waals surface area contributed by atoms with E-state index < -0.39 is 6.10 Å². The summed E-state index contributed by atoms with van der Waals surface area (Å²) in [4.78, 5) is 4.01. The van der Waals surface area contributed by atoms with Crippen LogP contribution in [0.25, 0.3) is 0 Å². The predicted molar refractivity (Wildman–Crippen MR) is 75.6 cm³/mol. The molecular formula is C16H21ClN2O. The predicted octanol–water partition coefficient (Wildman–Crippen LogP) is -1.69. The van der Waals surface area contributed by atoms with Gasteiger partial charge in [0, 0.05) is 18.8 Å². The van der Waals surface area contributed by atoms with Gasteiger partial charge in [-0.3, -0.25) is 4.98 Å². The van der Waals surface area contributed by atoms with Crippen molar-refractivity contribution in [3.63, 3.8) is 0 Å². The van der Waals surface area contributed by atoms with E-state index >= 15 is 0 Å². The lowest BCUT2D eigenvalue weighted by molar-refractivity contribution is -0.694. The highest BCUT2D eigenvalue weighted by Gasteiger charge is 2.18. The zero-order valence-corrected chi connectivity index (χ0v) is 12.4. The summed E-state index contributed by atoms with van der Waals surface area (Å²) in [7, 11) is 0. The number of aromatic nitrogens is 1. The summed E-state index contributed by atoms with van der Waals surface area (Å²) < 4.78 is 0. The summed E-state index contributed by atoms with van der Waals surface area (Å²) in [5.41, 5.74) is 2.27. The first kappa shape index (κ1) is 16.6. The molecule has 2 unspecified atom stereocenters. The van der Waals surface area contributed by atoms with E-state index in [-0.39, 0.29) is 18.4 Å². The maximum absolute atomic E-state index is 10.2. The second-order valence-electron chi connectivity index (χ2n) is 4.84. The first-order valence-electron chi connectivity index (χ1n) is 6.72. The van der Waals surface area contributed by atoms with Gasteiger partial charge in [0.2, 0.25) is 0 Å². The Morgan fingerprint density at radius 3 is 2.40 bits per heavy atom. The quantitative estimate of drug-likeness (QED) is 0.668. The minimum atomic E-state index is -0.418. The molecule has 0 radical (unpaired) electrons. The standard InChI is InChI=1S/C16H20N2O.ClH/c1-13(16(19)15-5-3-2-4-6-15)18-12-9-14-7-10-17-11-8-14;/h2-8,10-11,13,16,18-19H,9,12H2,1H3;1H. The molecule has 0 aliphatic heterocycles. The topological polar surface area (TPSA) is 49.7 Å². The summed E-state index contributed by atoms with van der Waals surface area (Å²) >= 11 is 0. The molecule has 0 saturated heterocycles. The van der Waals surface area contributed by atoms with Gasteiger partial charge in [0.05, 0.1) is 6.54 Å². The number of aliphatic hydroxyl groups is 1. The Kier molecular flexibility index (Phi) is 7.23. The number of nitrogens with two attached hydrogens (primary N) is 1. The molecule has 20 heavy (non-hydrogen) atoms. The molecule has 0 aliphatic rings. The van der Waals surface area contributed by atoms with Crippen LogP contribution in [0.3, 0.4) is 0 Å². The molecule has 2 aromatic rings. The molecule has 108 valence electrons. The summed E-state index contributed by atoms with van der Waals surface area (Å²) in [6, 6.07) is 14.1. The molecule has 0 fully saturated rings. The van der Waals surface area contributed by atoms with Crippen LogP contribution in [0.4, 0.5) is 0 Å². The number of hydrogen-bond donors (Lipinski definition) is 2. The zero-order chi connectivity index (χ0) is 13.5. The molecule has 0 bridgehead atoms. The second kappa shape index (κ2) is 8.69. The average molecular weight is 293 g/mol. The highest BCUT2D eigenvalue weighted by atomic mass is 35.5. The summed E-state index contributed by atoms with van der Waals surface area (Å²) in [6.07, 6.45) is 4.21. The second-order valence-corrected chi connectivity index (χ2v) is 4.84. The molecule has 0 amide bonds. The van der Waals surface area contributed by atoms with Crippen LogP contribution >= 0.6 is 0 Å². The summed E-state index contributed by atoms with van der Waals surface area (Å²) in [6.45, 7) is 3.03. The van der Waals surface area contributed by atoms with Crippen LogP contribution in [0.15, 0.2) is 54.9 Å². The zero-order valence-electron chi connectivity index (χ0n) is 11.6. The van der Waals surface area contributed by atoms with Crippen molar-refractivity contribution in [3.8, 4) is 0 Å². The van der Waals surface area contributed by atoms with Crippen molar-refractivity contribution in [1.29, 1.82) is 0 Å². The van der Waals surface area contributed by atoms with E-state index in [2.05, 4.69) is 17.2 Å². The molecule has 3 N–H and O–H groups in total. The van der Waals surface area contributed by atoms with Crippen molar-refractivity contribution in [3.05, 3.63) is 66.0 Å². The molecule has 1 heterocycles. The van der Waals surface area contributed by atoms with E-state index in [0.717, 1.165) is 18.5 Å². The average Bonchev–Trinajstić information content (AvgIpc) is 2.48. The fourth-order valence-corrected chi connectivity index (χ4v) is 2.15. The fourth-order valence-electron chi connectivity index (χ4n) is 2.15. The number of quaternary nitrogens is 1. The van der Waals surface area contributed by atoms with Crippen LogP contribution in [0.5, 0.6) is 0 Å². The molecule has 1 aromatic carbocycles. The van der Waals surface area contributed by atoms with Crippen LogP contribution in [-0.4, -0.2) is 22.7 Å². The minimum Gasteiger partial charge on any atom is -1.00 e. The molecule has 1 aromatic heterocycles. The Hall–Kier alpha value is -1.42. The van der Waals surface area contributed by atoms with Gasteiger partial charge >= 0.3 is 0 Å². The van der Waals surface area contributed by atoms with E-state index in [1.807, 2.05) is 54.9 Å². The maximum atomic E-state index is 10.2. The number of rotatable bonds is 6. The van der Waals surface area contributed by atoms with Crippen LogP contribution < -0.4 is 17.7 Å². The Labute approximate surface area is 126 Å². The van der Waals surface area contributed by atoms with E-state index in [1.165, 1.54) is 5.56 Å². The molecule has 3 nitrogen and oxygen atoms in total. The van der Waals surface area contributed by atoms with Crippen molar-refractivity contribution in [2.45, 2.75) is 25.5 Å². The summed E-state index contributed by atoms with van der Waals surface area (Å²) in [5, 5.41) is 12.4. The van der Waals surface area contributed by atoms with Gasteiger partial charge in [-0.15, -0.1) is 0 Å². The fraction of sp³-hybridized carbons (Fsp3) is 0.312. The van der Waals surface area contributed by atoms with Crippen molar-refractivity contribution in [1.82, 2.24) is 4.98 Å². The van der Waals surface area contributed by atoms with Crippen molar-refractivity contribution in [2.24, 2.45) is 0 Å². The number of nitrogens with zero attached hydrogens (tertiary/aromatic N) is 1. The van der Waals surface area contributed by atoms with E-state index in [0.29, 0.717) is 0 Å². The first-order valence-corrected chi connectivity index (χ1v) is 6.72. The molecule has 2 atom stereocenters. The van der Waals surface area contributed by atoms with Crippen molar-refractivity contribution in [2.75, 3.05) is 6.54 Å². The van der Waals surface area contributed by atoms with Gasteiger partial charge in [0.25, 0.3) is 0 Å². The number of pyridine rings is 1. The molecule has 0 spiro atoms. The van der Waals surface area contributed by atoms with Gasteiger partial charge < -0.3 is 22.8 Å². The Bertz CT molecular complexity index is 478. The molecular weight excluding hydrogens is 272 g/mol. The number of aliphatic hydroxyl groups excluding tert-OH is 1. The first-order chi connectivity index (χ1) is 9.27. The molecule has 0 aliphatic carbocycles. The van der Waals surface area contributed by atoms with E-state index in [9.17, 15) is 5.11 Å². The van der Waals surface area contributed by atoms with Gasteiger partial charge in [-0.05, 0) is 30.2 Å². The number of halogens is 1. The lowest BCUT2D eigenvalue weighted by Gasteiger charge is -2.17. The lowest BCUT2D eigenvalue weighted by atomic mass is 10.0. The summed E-state index contributed by atoms with van der Waals surface area (Å²) in [5.74, 6) is 0. The maximum Gasteiger partial charge on any atom is 0.130 e. The number of benzene rings is 1. The van der Waals surface area contributed by atoms with Gasteiger partial charge in [0.1, 0.15) is 12.1 Å². The van der Waals surface area contributed by atoms with Crippen molar-refractivity contribution < 1.29 is 22.8 Å². The molecule has 0 saturated carbocycles. The normalized spacial score (nSPS) is 13.3. The van der Waals surface area contributed by atoms with Crippen LogP contribution in [0.2, 0.25) is 0 Å². The highest BCUT2D eigenvalue weighted by Crippen LogP contribution is 2.13. The molecule has 2 rings (SSSR count). The minimum absolute atomic E-state index is 0. The highest BCUT2D eigenvalue weighted by molar-refractivity contribution is 5.17. The van der Waals surface area contributed by atoms with Crippen LogP contribution in [0, 0.1) is 0 Å². The number of hydrogen-bond acceptors (Lipinski definition) is 2.